The van der Waals surface area contributed by atoms with Crippen LogP contribution in [0, 0.1) is 0 Å². The number of piperidine rings is 1. The average molecular weight is 578 g/mol. The van der Waals surface area contributed by atoms with Crippen LogP contribution in [0.25, 0.3) is 0 Å². The van der Waals surface area contributed by atoms with E-state index < -0.39 is 6.03 Å². The summed E-state index contributed by atoms with van der Waals surface area (Å²) >= 11 is 0. The molecule has 0 spiro atoms. The minimum Gasteiger partial charge on any atom is -0.495 e. The molecule has 3 heterocycles. The Labute approximate surface area is 248 Å². The first-order chi connectivity index (χ1) is 19.6. The molecule has 1 aromatic carbocycles. The highest BCUT2D eigenvalue weighted by Crippen LogP contribution is 2.38. The molecule has 10 heteroatoms. The van der Waals surface area contributed by atoms with Gasteiger partial charge < -0.3 is 19.3 Å². The Morgan fingerprint density at radius 1 is 1.05 bits per heavy atom. The molecule has 1 fully saturated rings. The molecule has 4 rings (SSSR count). The van der Waals surface area contributed by atoms with Gasteiger partial charge in [0, 0.05) is 41.8 Å². The summed E-state index contributed by atoms with van der Waals surface area (Å²) in [4.78, 5) is 32.4. The lowest BCUT2D eigenvalue weighted by atomic mass is 9.79. The molecule has 1 aliphatic heterocycles. The number of methoxy groups -OCH3 is 1. The molecular weight excluding hydrogens is 534 g/mol. The van der Waals surface area contributed by atoms with Crippen LogP contribution in [-0.4, -0.2) is 58.2 Å². The van der Waals surface area contributed by atoms with E-state index in [2.05, 4.69) is 60.4 Å². The van der Waals surface area contributed by atoms with Gasteiger partial charge in [0.25, 0.3) is 0 Å². The fourth-order valence-corrected chi connectivity index (χ4v) is 5.35. The van der Waals surface area contributed by atoms with Crippen LogP contribution in [0.4, 0.5) is 16.3 Å². The smallest absolute Gasteiger partial charge is 0.325 e. The first-order valence-electron chi connectivity index (χ1n) is 14.2. The number of likely N-dealkylation sites (tertiary alicyclic amines) is 1. The van der Waals surface area contributed by atoms with Crippen molar-refractivity contribution in [2.75, 3.05) is 24.8 Å². The van der Waals surface area contributed by atoms with Crippen LogP contribution < -0.4 is 20.1 Å². The van der Waals surface area contributed by atoms with Crippen molar-refractivity contribution in [1.82, 2.24) is 15.0 Å². The molecule has 2 aromatic heterocycles. The van der Waals surface area contributed by atoms with Crippen molar-refractivity contribution in [3.05, 3.63) is 59.6 Å². The van der Waals surface area contributed by atoms with Gasteiger partial charge in [0.1, 0.15) is 29.1 Å². The van der Waals surface area contributed by atoms with Crippen LogP contribution in [0.1, 0.15) is 83.1 Å². The number of nitrogens with zero attached hydrogens (tertiary/aromatic N) is 3. The van der Waals surface area contributed by atoms with Gasteiger partial charge in [-0.25, -0.2) is 9.78 Å². The molecule has 2 amide bonds. The lowest BCUT2D eigenvalue weighted by Crippen LogP contribution is -2.60. The van der Waals surface area contributed by atoms with Crippen LogP contribution in [0.5, 0.6) is 11.5 Å². The van der Waals surface area contributed by atoms with Gasteiger partial charge in [0.2, 0.25) is 0 Å². The van der Waals surface area contributed by atoms with Crippen LogP contribution in [-0.2, 0) is 11.8 Å². The number of ether oxygens (including phenoxy) is 2. The van der Waals surface area contributed by atoms with E-state index in [9.17, 15) is 9.59 Å². The van der Waals surface area contributed by atoms with Gasteiger partial charge in [0.15, 0.2) is 11.6 Å². The summed E-state index contributed by atoms with van der Waals surface area (Å²) in [5, 5.41) is 9.31. The molecule has 3 aromatic rings. The molecule has 0 saturated carbocycles. The van der Waals surface area contributed by atoms with Crippen LogP contribution >= 0.6 is 0 Å². The highest BCUT2D eigenvalue weighted by molar-refractivity contribution is 6.00. The maximum Gasteiger partial charge on any atom is 0.325 e. The number of rotatable bonds is 8. The summed E-state index contributed by atoms with van der Waals surface area (Å²) in [6.45, 7) is 14.9. The van der Waals surface area contributed by atoms with Gasteiger partial charge in [-0.2, -0.15) is 0 Å². The molecule has 1 saturated heterocycles. The second kappa shape index (κ2) is 11.8. The topological polar surface area (TPSA) is 119 Å². The number of pyridine rings is 1. The van der Waals surface area contributed by atoms with Crippen molar-refractivity contribution in [3.8, 4) is 11.5 Å². The Kier molecular flexibility index (Phi) is 8.68. The number of hydrogen-bond donors (Lipinski definition) is 2. The van der Waals surface area contributed by atoms with Crippen LogP contribution in [0.15, 0.2) is 47.1 Å². The quantitative estimate of drug-likeness (QED) is 0.292. The minimum atomic E-state index is -0.496. The lowest BCUT2D eigenvalue weighted by Gasteiger charge is -2.53. The normalized spacial score (nSPS) is 17.0. The number of benzene rings is 1. The van der Waals surface area contributed by atoms with Crippen molar-refractivity contribution in [3.63, 3.8) is 0 Å². The van der Waals surface area contributed by atoms with Crippen LogP contribution in [0.3, 0.4) is 0 Å². The van der Waals surface area contributed by atoms with E-state index in [0.29, 0.717) is 34.5 Å². The third-order valence-electron chi connectivity index (χ3n) is 7.96. The standard InChI is InChI=1S/C32H43N5O5/c1-30(2,3)27-16-28(36-42-27)35-29(39)34-24-12-10-20(15-26(24)40-9)14-25(38)23-13-11-21(19-33-23)41-22-17-31(4,5)37(8)32(6,7)18-22/h10-13,15-16,19,22H,14,17-18H2,1-9H3,(H2,34,35,36,39). The molecular formula is C32H43N5O5. The number of Topliss-reactive ketones (excluding diaryl/α,β-unsaturated/α-hetero) is 1. The molecule has 0 bridgehead atoms. The Morgan fingerprint density at radius 3 is 2.31 bits per heavy atom. The van der Waals surface area contributed by atoms with Crippen molar-refractivity contribution >= 4 is 23.3 Å². The van der Waals surface area contributed by atoms with Crippen LogP contribution in [0.2, 0.25) is 0 Å². The number of carbonyl (C=O) groups is 2. The SMILES string of the molecule is COc1cc(CC(=O)c2ccc(OC3CC(C)(C)N(C)C(C)(C)C3)cn2)ccc1NC(=O)Nc1cc(C(C)(C)C)on1. The van der Waals surface area contributed by atoms with Crippen molar-refractivity contribution in [2.45, 2.75) is 90.3 Å². The predicted molar refractivity (Wildman–Crippen MR) is 163 cm³/mol. The molecule has 42 heavy (non-hydrogen) atoms. The second-order valence-electron chi connectivity index (χ2n) is 13.3. The number of anilines is 2. The summed E-state index contributed by atoms with van der Waals surface area (Å²) in [5.74, 6) is 1.91. The number of ketones is 1. The Balaban J connectivity index is 1.35. The Bertz CT molecular complexity index is 1400. The number of aromatic nitrogens is 2. The molecule has 0 aliphatic carbocycles. The minimum absolute atomic E-state index is 0.0128. The van der Waals surface area contributed by atoms with E-state index in [-0.39, 0.29) is 34.8 Å². The van der Waals surface area contributed by atoms with Gasteiger partial charge >= 0.3 is 6.03 Å². The van der Waals surface area contributed by atoms with E-state index in [1.807, 2.05) is 26.8 Å². The van der Waals surface area contributed by atoms with Gasteiger partial charge in [-0.05, 0) is 64.6 Å². The first-order valence-corrected chi connectivity index (χ1v) is 14.2. The number of hydrogen-bond acceptors (Lipinski definition) is 8. The van der Waals surface area contributed by atoms with E-state index >= 15 is 0 Å². The van der Waals surface area contributed by atoms with Crippen molar-refractivity contribution < 1.29 is 23.6 Å². The van der Waals surface area contributed by atoms with E-state index in [1.54, 1.807) is 36.5 Å². The fourth-order valence-electron chi connectivity index (χ4n) is 5.35. The third kappa shape index (κ3) is 7.28. The van der Waals surface area contributed by atoms with Gasteiger partial charge in [0.05, 0.1) is 19.0 Å². The van der Waals surface area contributed by atoms with E-state index in [4.69, 9.17) is 14.0 Å². The maximum atomic E-state index is 13.0. The molecule has 2 N–H and O–H groups in total. The Hall–Kier alpha value is -3.92. The summed E-state index contributed by atoms with van der Waals surface area (Å²) in [5.41, 5.74) is 1.33. The zero-order valence-corrected chi connectivity index (χ0v) is 26.1. The number of carbonyl (C=O) groups excluding carboxylic acids is 2. The molecule has 226 valence electrons. The van der Waals surface area contributed by atoms with Gasteiger partial charge in [-0.1, -0.05) is 32.0 Å². The second-order valence-corrected chi connectivity index (χ2v) is 13.3. The number of nitrogens with one attached hydrogen (secondary N) is 2. The summed E-state index contributed by atoms with van der Waals surface area (Å²) < 4.78 is 17.1. The largest absolute Gasteiger partial charge is 0.495 e. The summed E-state index contributed by atoms with van der Waals surface area (Å²) in [6, 6.07) is 9.89. The highest BCUT2D eigenvalue weighted by Gasteiger charge is 2.44. The van der Waals surface area contributed by atoms with Crippen molar-refractivity contribution in [1.29, 1.82) is 0 Å². The predicted octanol–water partition coefficient (Wildman–Crippen LogP) is 6.48. The Morgan fingerprint density at radius 2 is 1.74 bits per heavy atom. The monoisotopic (exact) mass is 577 g/mol. The van der Waals surface area contributed by atoms with Gasteiger partial charge in [-0.3, -0.25) is 15.0 Å². The maximum absolute atomic E-state index is 13.0. The number of amides is 2. The third-order valence-corrected chi connectivity index (χ3v) is 7.96. The van der Waals surface area contributed by atoms with Crippen molar-refractivity contribution in [2.24, 2.45) is 0 Å². The summed E-state index contributed by atoms with van der Waals surface area (Å²) in [7, 11) is 3.67. The van der Waals surface area contributed by atoms with E-state index in [0.717, 1.165) is 18.4 Å². The van der Waals surface area contributed by atoms with Gasteiger partial charge in [-0.15, -0.1) is 0 Å². The zero-order chi connectivity index (χ0) is 30.9. The fraction of sp³-hybridized carbons (Fsp3) is 0.500. The molecule has 1 aliphatic rings. The summed E-state index contributed by atoms with van der Waals surface area (Å²) in [6.07, 6.45) is 3.62. The molecule has 0 unspecified atom stereocenters. The zero-order valence-electron chi connectivity index (χ0n) is 26.1. The first kappa shape index (κ1) is 31.0. The highest BCUT2D eigenvalue weighted by atomic mass is 16.5. The van der Waals surface area contributed by atoms with E-state index in [1.165, 1.54) is 7.11 Å². The lowest BCUT2D eigenvalue weighted by molar-refractivity contribution is -0.0557. The molecule has 0 atom stereocenters. The molecule has 10 nitrogen and oxygen atoms in total. The molecule has 0 radical (unpaired) electrons. The number of urea groups is 1. The average Bonchev–Trinajstić information content (AvgIpc) is 3.37.